The second kappa shape index (κ2) is 9.67. The molecule has 0 aromatic rings. The van der Waals surface area contributed by atoms with Crippen molar-refractivity contribution in [2.75, 3.05) is 52.5 Å². The van der Waals surface area contributed by atoms with Crippen LogP contribution in [0.3, 0.4) is 0 Å². The first kappa shape index (κ1) is 20.3. The van der Waals surface area contributed by atoms with E-state index in [0.717, 1.165) is 57.1 Å². The number of rotatable bonds is 12. The number of nitrogens with one attached hydrogen (secondary N) is 3. The predicted molar refractivity (Wildman–Crippen MR) is 113 cm³/mol. The summed E-state index contributed by atoms with van der Waals surface area (Å²) < 4.78 is 5.65. The van der Waals surface area contributed by atoms with E-state index in [9.17, 15) is 0 Å². The number of ether oxygens (including phenoxy) is 1. The normalized spacial score (nSPS) is 31.8. The molecule has 3 fully saturated rings. The summed E-state index contributed by atoms with van der Waals surface area (Å²) in [6, 6.07) is 1.05. The zero-order chi connectivity index (χ0) is 19.3. The molecule has 0 aromatic heterocycles. The molecule has 0 aromatic carbocycles. The Labute approximate surface area is 169 Å². The number of hydrogen-bond acceptors (Lipinski definition) is 7. The Morgan fingerprint density at radius 1 is 1.39 bits per heavy atom. The molecule has 3 heterocycles. The molecule has 1 aliphatic carbocycles. The molecule has 0 bridgehead atoms. The van der Waals surface area contributed by atoms with E-state index in [1.165, 1.54) is 37.2 Å². The van der Waals surface area contributed by atoms with Crippen molar-refractivity contribution in [3.05, 3.63) is 11.6 Å². The smallest absolute Gasteiger partial charge is 0.129 e. The Balaban J connectivity index is 1.31. The highest BCUT2D eigenvalue weighted by atomic mass is 16.5. The van der Waals surface area contributed by atoms with E-state index < -0.39 is 0 Å². The van der Waals surface area contributed by atoms with Gasteiger partial charge in [-0.3, -0.25) is 10.3 Å². The molecule has 3 aliphatic heterocycles. The minimum absolute atomic E-state index is 0.301. The number of nitrogens with zero attached hydrogens (tertiary/aromatic N) is 2. The fourth-order valence-corrected chi connectivity index (χ4v) is 4.69. The number of fused-ring (bicyclic) bond motifs is 1. The molecule has 158 valence electrons. The monoisotopic (exact) mass is 390 g/mol. The summed E-state index contributed by atoms with van der Waals surface area (Å²) in [7, 11) is 0. The molecule has 0 spiro atoms. The van der Waals surface area contributed by atoms with E-state index in [4.69, 9.17) is 15.5 Å². The van der Waals surface area contributed by atoms with Crippen molar-refractivity contribution >= 4 is 5.84 Å². The SMILES string of the molecule is C/C=C1/C2=NCCN2C(CNC[C@@H](CC2CC2)[C@H]2CN2)NC1CCOCCN. The van der Waals surface area contributed by atoms with Crippen LogP contribution in [-0.2, 0) is 4.74 Å². The van der Waals surface area contributed by atoms with Gasteiger partial charge in [-0.15, -0.1) is 0 Å². The lowest BCUT2D eigenvalue weighted by atomic mass is 9.97. The van der Waals surface area contributed by atoms with Crippen molar-refractivity contribution in [3.8, 4) is 0 Å². The molecule has 4 rings (SSSR count). The fraction of sp³-hybridized carbons (Fsp3) is 0.857. The molecule has 2 unspecified atom stereocenters. The molecule has 0 radical (unpaired) electrons. The molecule has 1 saturated carbocycles. The summed E-state index contributed by atoms with van der Waals surface area (Å²) in [6.07, 6.45) is 7.76. The standard InChI is InChI=1S/C21H38N6O/c1-2-17-18(5-9-28-10-6-22)26-20(27-8-7-24-21(17)27)14-23-12-16(19-13-25-19)11-15-3-4-15/h2,15-16,18-20,23,25-26H,3-14,22H2,1H3/b17-2+/t16-,18?,19-,20?/m1/s1. The van der Waals surface area contributed by atoms with Crippen LogP contribution in [0.25, 0.3) is 0 Å². The van der Waals surface area contributed by atoms with Crippen LogP contribution in [0.2, 0.25) is 0 Å². The first-order chi connectivity index (χ1) is 13.8. The van der Waals surface area contributed by atoms with Crippen molar-refractivity contribution in [3.63, 3.8) is 0 Å². The third kappa shape index (κ3) is 5.13. The number of amidine groups is 1. The molecule has 0 amide bonds. The number of allylic oxidation sites excluding steroid dienone is 1. The van der Waals surface area contributed by atoms with E-state index >= 15 is 0 Å². The van der Waals surface area contributed by atoms with Crippen LogP contribution in [-0.4, -0.2) is 81.5 Å². The molecule has 4 aliphatic rings. The minimum atomic E-state index is 0.301. The number of nitrogens with two attached hydrogens (primary N) is 1. The largest absolute Gasteiger partial charge is 0.380 e. The van der Waals surface area contributed by atoms with Gasteiger partial charge in [-0.05, 0) is 38.1 Å². The second-order valence-electron chi connectivity index (χ2n) is 8.68. The molecule has 28 heavy (non-hydrogen) atoms. The van der Waals surface area contributed by atoms with Crippen molar-refractivity contribution in [2.24, 2.45) is 22.6 Å². The van der Waals surface area contributed by atoms with Gasteiger partial charge in [0, 0.05) is 50.4 Å². The quantitative estimate of drug-likeness (QED) is 0.282. The highest BCUT2D eigenvalue weighted by Gasteiger charge is 2.38. The summed E-state index contributed by atoms with van der Waals surface area (Å²) >= 11 is 0. The highest BCUT2D eigenvalue weighted by Crippen LogP contribution is 2.37. The van der Waals surface area contributed by atoms with Gasteiger partial charge in [0.25, 0.3) is 0 Å². The van der Waals surface area contributed by atoms with Gasteiger partial charge in [-0.2, -0.15) is 0 Å². The lowest BCUT2D eigenvalue weighted by Crippen LogP contribution is -2.62. The van der Waals surface area contributed by atoms with Crippen LogP contribution in [0, 0.1) is 11.8 Å². The zero-order valence-corrected chi connectivity index (χ0v) is 17.3. The first-order valence-electron chi connectivity index (χ1n) is 11.3. The van der Waals surface area contributed by atoms with Gasteiger partial charge in [0.2, 0.25) is 0 Å². The molecule has 4 atom stereocenters. The van der Waals surface area contributed by atoms with Gasteiger partial charge in [0.15, 0.2) is 0 Å². The summed E-state index contributed by atoms with van der Waals surface area (Å²) in [5, 5.41) is 11.2. The van der Waals surface area contributed by atoms with Gasteiger partial charge >= 0.3 is 0 Å². The third-order valence-corrected chi connectivity index (χ3v) is 6.49. The average molecular weight is 391 g/mol. The fourth-order valence-electron chi connectivity index (χ4n) is 4.69. The molecule has 2 saturated heterocycles. The van der Waals surface area contributed by atoms with E-state index in [2.05, 4.69) is 33.9 Å². The average Bonchev–Trinajstić information content (AvgIpc) is 3.63. The van der Waals surface area contributed by atoms with Crippen LogP contribution in [0.1, 0.15) is 32.6 Å². The molecular weight excluding hydrogens is 352 g/mol. The Morgan fingerprint density at radius 2 is 2.25 bits per heavy atom. The van der Waals surface area contributed by atoms with E-state index in [1.807, 2.05) is 0 Å². The Kier molecular flexibility index (Phi) is 7.01. The van der Waals surface area contributed by atoms with Gasteiger partial charge in [0.05, 0.1) is 19.3 Å². The van der Waals surface area contributed by atoms with Crippen LogP contribution in [0.5, 0.6) is 0 Å². The van der Waals surface area contributed by atoms with E-state index in [1.54, 1.807) is 0 Å². The first-order valence-corrected chi connectivity index (χ1v) is 11.3. The van der Waals surface area contributed by atoms with Crippen molar-refractivity contribution in [1.29, 1.82) is 0 Å². The maximum Gasteiger partial charge on any atom is 0.129 e. The van der Waals surface area contributed by atoms with Crippen molar-refractivity contribution < 1.29 is 4.74 Å². The lowest BCUT2D eigenvalue weighted by Gasteiger charge is -2.42. The highest BCUT2D eigenvalue weighted by molar-refractivity contribution is 6.01. The topological polar surface area (TPSA) is 96.8 Å². The summed E-state index contributed by atoms with van der Waals surface area (Å²) in [5.41, 5.74) is 6.86. The molecular formula is C21H38N6O. The lowest BCUT2D eigenvalue weighted by molar-refractivity contribution is 0.126. The minimum Gasteiger partial charge on any atom is -0.380 e. The van der Waals surface area contributed by atoms with E-state index in [-0.39, 0.29) is 0 Å². The Morgan fingerprint density at radius 3 is 2.96 bits per heavy atom. The van der Waals surface area contributed by atoms with Crippen LogP contribution in [0.15, 0.2) is 16.6 Å². The zero-order valence-electron chi connectivity index (χ0n) is 17.3. The summed E-state index contributed by atoms with van der Waals surface area (Å²) in [5.74, 6) is 2.97. The van der Waals surface area contributed by atoms with Gasteiger partial charge in [0.1, 0.15) is 5.84 Å². The van der Waals surface area contributed by atoms with E-state index in [0.29, 0.717) is 25.4 Å². The maximum absolute atomic E-state index is 5.65. The van der Waals surface area contributed by atoms with Crippen molar-refractivity contribution in [2.45, 2.75) is 50.9 Å². The van der Waals surface area contributed by atoms with Gasteiger partial charge < -0.3 is 26.0 Å². The van der Waals surface area contributed by atoms with Crippen LogP contribution >= 0.6 is 0 Å². The maximum atomic E-state index is 5.65. The van der Waals surface area contributed by atoms with Crippen molar-refractivity contribution in [1.82, 2.24) is 20.9 Å². The van der Waals surface area contributed by atoms with Crippen LogP contribution < -0.4 is 21.7 Å². The molecule has 7 nitrogen and oxygen atoms in total. The van der Waals surface area contributed by atoms with Gasteiger partial charge in [-0.1, -0.05) is 18.9 Å². The molecule has 7 heteroatoms. The van der Waals surface area contributed by atoms with Crippen LogP contribution in [0.4, 0.5) is 0 Å². The summed E-state index contributed by atoms with van der Waals surface area (Å²) in [6.45, 7) is 9.27. The predicted octanol–water partition coefficient (Wildman–Crippen LogP) is 0.288. The Hall–Kier alpha value is -0.990. The Bertz CT molecular complexity index is 571. The second-order valence-corrected chi connectivity index (χ2v) is 8.68. The van der Waals surface area contributed by atoms with Gasteiger partial charge in [-0.25, -0.2) is 0 Å². The third-order valence-electron chi connectivity index (χ3n) is 6.49. The molecule has 5 N–H and O–H groups in total. The number of aliphatic imine (C=N–C) groups is 1. The summed E-state index contributed by atoms with van der Waals surface area (Å²) in [4.78, 5) is 7.27. The number of hydrogen-bond donors (Lipinski definition) is 4.